The van der Waals surface area contributed by atoms with E-state index in [1.165, 1.54) is 17.4 Å². The number of hydrogen-bond acceptors (Lipinski definition) is 4. The van der Waals surface area contributed by atoms with Crippen molar-refractivity contribution in [2.45, 2.75) is 31.8 Å². The van der Waals surface area contributed by atoms with Gasteiger partial charge in [0, 0.05) is 31.3 Å². The SMILES string of the molecule is CN(CC1CCCC1O)C(=O)c1csc(Cc2ccccc2F)n1. The lowest BCUT2D eigenvalue weighted by Crippen LogP contribution is -2.34. The fraction of sp³-hybridized carbons (Fsp3) is 0.444. The first kappa shape index (κ1) is 17.0. The summed E-state index contributed by atoms with van der Waals surface area (Å²) >= 11 is 1.37. The van der Waals surface area contributed by atoms with Crippen LogP contribution in [-0.4, -0.2) is 40.6 Å². The minimum atomic E-state index is -0.313. The van der Waals surface area contributed by atoms with Gasteiger partial charge in [-0.2, -0.15) is 0 Å². The third kappa shape index (κ3) is 3.82. The maximum atomic E-state index is 13.7. The first-order valence-electron chi connectivity index (χ1n) is 8.16. The second kappa shape index (κ2) is 7.40. The molecule has 3 rings (SSSR count). The molecule has 1 aromatic heterocycles. The summed E-state index contributed by atoms with van der Waals surface area (Å²) in [5.41, 5.74) is 0.967. The number of carbonyl (C=O) groups excluding carboxylic acids is 1. The second-order valence-electron chi connectivity index (χ2n) is 6.34. The molecule has 1 aliphatic rings. The minimum Gasteiger partial charge on any atom is -0.393 e. The lowest BCUT2D eigenvalue weighted by molar-refractivity contribution is 0.0689. The molecule has 2 aromatic rings. The summed E-state index contributed by atoms with van der Waals surface area (Å²) in [6.07, 6.45) is 2.85. The number of benzene rings is 1. The van der Waals surface area contributed by atoms with Gasteiger partial charge in [-0.15, -0.1) is 11.3 Å². The molecule has 1 N–H and O–H groups in total. The maximum Gasteiger partial charge on any atom is 0.273 e. The van der Waals surface area contributed by atoms with E-state index in [4.69, 9.17) is 0 Å². The highest BCUT2D eigenvalue weighted by Gasteiger charge is 2.28. The van der Waals surface area contributed by atoms with E-state index in [9.17, 15) is 14.3 Å². The normalized spacial score (nSPS) is 20.3. The standard InChI is InChI=1S/C18H21FN2O2S/c1-21(10-13-6-4-8-16(13)22)18(23)15-11-24-17(20-15)9-12-5-2-3-7-14(12)19/h2-3,5,7,11,13,16,22H,4,6,8-10H2,1H3. The number of carbonyl (C=O) groups is 1. The van der Waals surface area contributed by atoms with Crippen LogP contribution in [0.5, 0.6) is 0 Å². The van der Waals surface area contributed by atoms with E-state index in [1.54, 1.807) is 35.5 Å². The second-order valence-corrected chi connectivity index (χ2v) is 7.28. The van der Waals surface area contributed by atoms with E-state index in [0.29, 0.717) is 24.2 Å². The molecule has 1 aromatic carbocycles. The largest absolute Gasteiger partial charge is 0.393 e. The predicted octanol–water partition coefficient (Wildman–Crippen LogP) is 3.11. The quantitative estimate of drug-likeness (QED) is 0.903. The predicted molar refractivity (Wildman–Crippen MR) is 91.6 cm³/mol. The molecule has 0 bridgehead atoms. The van der Waals surface area contributed by atoms with Crippen molar-refractivity contribution in [2.75, 3.05) is 13.6 Å². The summed E-state index contributed by atoms with van der Waals surface area (Å²) in [6, 6.07) is 6.60. The molecule has 6 heteroatoms. The Morgan fingerprint density at radius 2 is 2.21 bits per heavy atom. The Balaban J connectivity index is 1.64. The highest BCUT2D eigenvalue weighted by atomic mass is 32.1. The Bertz CT molecular complexity index is 719. The van der Waals surface area contributed by atoms with Crippen molar-refractivity contribution in [1.82, 2.24) is 9.88 Å². The molecule has 1 aliphatic carbocycles. The summed E-state index contributed by atoms with van der Waals surface area (Å²) in [5, 5.41) is 12.3. The van der Waals surface area contributed by atoms with Gasteiger partial charge in [0.05, 0.1) is 11.1 Å². The van der Waals surface area contributed by atoms with Crippen LogP contribution < -0.4 is 0 Å². The number of amides is 1. The average Bonchev–Trinajstić information content (AvgIpc) is 3.19. The van der Waals surface area contributed by atoms with Gasteiger partial charge in [-0.25, -0.2) is 9.37 Å². The zero-order valence-corrected chi connectivity index (χ0v) is 14.4. The molecule has 1 heterocycles. The molecule has 0 saturated heterocycles. The number of nitrogens with zero attached hydrogens (tertiary/aromatic N) is 2. The fourth-order valence-corrected chi connectivity index (χ4v) is 3.95. The van der Waals surface area contributed by atoms with E-state index >= 15 is 0 Å². The highest BCUT2D eigenvalue weighted by molar-refractivity contribution is 7.09. The van der Waals surface area contributed by atoms with Gasteiger partial charge in [0.2, 0.25) is 0 Å². The van der Waals surface area contributed by atoms with E-state index in [2.05, 4.69) is 4.98 Å². The maximum absolute atomic E-state index is 13.7. The van der Waals surface area contributed by atoms with Crippen molar-refractivity contribution >= 4 is 17.2 Å². The molecule has 1 saturated carbocycles. The Kier molecular flexibility index (Phi) is 5.26. The molecule has 128 valence electrons. The summed E-state index contributed by atoms with van der Waals surface area (Å²) in [6.45, 7) is 0.542. The zero-order valence-electron chi connectivity index (χ0n) is 13.6. The average molecular weight is 348 g/mol. The lowest BCUT2D eigenvalue weighted by atomic mass is 10.1. The molecule has 4 nitrogen and oxygen atoms in total. The number of hydrogen-bond donors (Lipinski definition) is 1. The number of thiazole rings is 1. The summed E-state index contributed by atoms with van der Waals surface area (Å²) in [7, 11) is 1.74. The van der Waals surface area contributed by atoms with Gasteiger partial charge in [0.15, 0.2) is 0 Å². The van der Waals surface area contributed by atoms with Gasteiger partial charge in [-0.05, 0) is 24.5 Å². The summed E-state index contributed by atoms with van der Waals surface area (Å²) in [4.78, 5) is 18.5. The van der Waals surface area contributed by atoms with Crippen LogP contribution in [0.25, 0.3) is 0 Å². The molecule has 0 spiro atoms. The van der Waals surface area contributed by atoms with E-state index in [-0.39, 0.29) is 23.7 Å². The minimum absolute atomic E-state index is 0.148. The number of aromatic nitrogens is 1. The van der Waals surface area contributed by atoms with Crippen molar-refractivity contribution in [3.63, 3.8) is 0 Å². The molecular formula is C18H21FN2O2S. The Hall–Kier alpha value is -1.79. The first-order chi connectivity index (χ1) is 11.5. The molecule has 0 aliphatic heterocycles. The van der Waals surface area contributed by atoms with Crippen LogP contribution in [0.3, 0.4) is 0 Å². The Morgan fingerprint density at radius 1 is 1.42 bits per heavy atom. The van der Waals surface area contributed by atoms with E-state index < -0.39 is 0 Å². The number of aliphatic hydroxyl groups excluding tert-OH is 1. The molecule has 24 heavy (non-hydrogen) atoms. The van der Waals surface area contributed by atoms with Crippen LogP contribution in [-0.2, 0) is 6.42 Å². The summed E-state index contributed by atoms with van der Waals surface area (Å²) < 4.78 is 13.7. The molecule has 1 amide bonds. The zero-order chi connectivity index (χ0) is 17.1. The van der Waals surface area contributed by atoms with Crippen LogP contribution in [0, 0.1) is 11.7 Å². The van der Waals surface area contributed by atoms with Crippen molar-refractivity contribution in [3.8, 4) is 0 Å². The number of aliphatic hydroxyl groups is 1. The van der Waals surface area contributed by atoms with Gasteiger partial charge in [0.1, 0.15) is 11.5 Å². The molecule has 2 atom stereocenters. The molecule has 2 unspecified atom stereocenters. The van der Waals surface area contributed by atoms with Crippen LogP contribution in [0.15, 0.2) is 29.6 Å². The lowest BCUT2D eigenvalue weighted by Gasteiger charge is -2.22. The fourth-order valence-electron chi connectivity index (χ4n) is 3.16. The third-order valence-corrected chi connectivity index (χ3v) is 5.39. The van der Waals surface area contributed by atoms with E-state index in [0.717, 1.165) is 24.3 Å². The summed E-state index contributed by atoms with van der Waals surface area (Å²) in [5.74, 6) is -0.256. The number of rotatable bonds is 5. The highest BCUT2D eigenvalue weighted by Crippen LogP contribution is 2.26. The number of halogens is 1. The molecule has 0 radical (unpaired) electrons. The first-order valence-corrected chi connectivity index (χ1v) is 9.04. The van der Waals surface area contributed by atoms with E-state index in [1.807, 2.05) is 0 Å². The van der Waals surface area contributed by atoms with Crippen LogP contribution in [0.4, 0.5) is 4.39 Å². The van der Waals surface area contributed by atoms with Crippen molar-refractivity contribution in [2.24, 2.45) is 5.92 Å². The van der Waals surface area contributed by atoms with Crippen molar-refractivity contribution < 1.29 is 14.3 Å². The van der Waals surface area contributed by atoms with Gasteiger partial charge in [-0.3, -0.25) is 4.79 Å². The topological polar surface area (TPSA) is 53.4 Å². The van der Waals surface area contributed by atoms with Gasteiger partial charge in [0.25, 0.3) is 5.91 Å². The monoisotopic (exact) mass is 348 g/mol. The van der Waals surface area contributed by atoms with Crippen molar-refractivity contribution in [1.29, 1.82) is 0 Å². The van der Waals surface area contributed by atoms with Crippen molar-refractivity contribution in [3.05, 3.63) is 51.7 Å². The van der Waals surface area contributed by atoms with Gasteiger partial charge < -0.3 is 10.0 Å². The van der Waals surface area contributed by atoms with Crippen LogP contribution >= 0.6 is 11.3 Å². The van der Waals surface area contributed by atoms with Crippen LogP contribution in [0.1, 0.15) is 40.3 Å². The Morgan fingerprint density at radius 3 is 2.92 bits per heavy atom. The third-order valence-electron chi connectivity index (χ3n) is 4.54. The van der Waals surface area contributed by atoms with Crippen LogP contribution in [0.2, 0.25) is 0 Å². The smallest absolute Gasteiger partial charge is 0.273 e. The Labute approximate surface area is 145 Å². The van der Waals surface area contributed by atoms with Gasteiger partial charge >= 0.3 is 0 Å². The molecule has 1 fully saturated rings. The van der Waals surface area contributed by atoms with Gasteiger partial charge in [-0.1, -0.05) is 24.6 Å². The molecular weight excluding hydrogens is 327 g/mol.